The fourth-order valence-corrected chi connectivity index (χ4v) is 4.94. The van der Waals surface area contributed by atoms with Gasteiger partial charge in [0, 0.05) is 32.3 Å². The summed E-state index contributed by atoms with van der Waals surface area (Å²) in [5.74, 6) is -0.410. The average molecular weight is 523 g/mol. The zero-order valence-electron chi connectivity index (χ0n) is 21.2. The Balaban J connectivity index is 2.27. The number of carbonyl (C=O) groups excluding carboxylic acids is 1. The highest BCUT2D eigenvalue weighted by molar-refractivity contribution is 5.84. The predicted molar refractivity (Wildman–Crippen MR) is 126 cm³/mol. The zero-order valence-corrected chi connectivity index (χ0v) is 21.2. The van der Waals surface area contributed by atoms with Gasteiger partial charge in [0.25, 0.3) is 0 Å². The summed E-state index contributed by atoms with van der Waals surface area (Å²) in [5, 5.41) is 6.22. The third-order valence-electron chi connectivity index (χ3n) is 7.43. The molecule has 36 heavy (non-hydrogen) atoms. The molecule has 0 bridgehead atoms. The van der Waals surface area contributed by atoms with E-state index in [1.54, 1.807) is 13.2 Å². The molecule has 1 aromatic carbocycles. The molecule has 3 unspecified atom stereocenters. The van der Waals surface area contributed by atoms with Gasteiger partial charge in [-0.3, -0.25) is 4.79 Å². The quantitative estimate of drug-likeness (QED) is 0.258. The van der Waals surface area contributed by atoms with Crippen LogP contribution in [-0.2, 0) is 28.4 Å². The van der Waals surface area contributed by atoms with Crippen LogP contribution in [0.2, 0.25) is 0 Å². The van der Waals surface area contributed by atoms with Crippen molar-refractivity contribution in [3.05, 3.63) is 47.5 Å². The van der Waals surface area contributed by atoms with Gasteiger partial charge in [0.2, 0.25) is 5.91 Å². The molecule has 0 spiro atoms. The highest BCUT2D eigenvalue weighted by Crippen LogP contribution is 2.52. The summed E-state index contributed by atoms with van der Waals surface area (Å²) in [6.45, 7) is 9.82. The second-order valence-corrected chi connectivity index (χ2v) is 10.1. The number of nitrogens with one attached hydrogen (secondary N) is 2. The molecule has 204 valence electrons. The van der Waals surface area contributed by atoms with Gasteiger partial charge in [0.05, 0.1) is 16.5 Å². The summed E-state index contributed by atoms with van der Waals surface area (Å²) in [4.78, 5) is 13.5. The van der Waals surface area contributed by atoms with E-state index in [9.17, 15) is 31.1 Å². The monoisotopic (exact) mass is 522 g/mol. The number of benzene rings is 1. The second kappa shape index (κ2) is 11.5. The SMILES string of the molecule is C=CC(C)(C)C1(C(=O)NCc2cc(C(F)(F)F)cc(C(F)(F)F)c2)CCC(NC(CC)CCOC)C1. The van der Waals surface area contributed by atoms with E-state index in [-0.39, 0.29) is 23.7 Å². The molecule has 0 aromatic heterocycles. The lowest BCUT2D eigenvalue weighted by Gasteiger charge is -2.41. The molecule has 0 heterocycles. The van der Waals surface area contributed by atoms with Crippen molar-refractivity contribution in [3.63, 3.8) is 0 Å². The molecule has 1 amide bonds. The van der Waals surface area contributed by atoms with Gasteiger partial charge >= 0.3 is 12.4 Å². The Hall–Kier alpha value is -2.07. The number of hydrogen-bond donors (Lipinski definition) is 2. The van der Waals surface area contributed by atoms with Gasteiger partial charge in [0.15, 0.2) is 0 Å². The largest absolute Gasteiger partial charge is 0.416 e. The summed E-state index contributed by atoms with van der Waals surface area (Å²) >= 11 is 0. The summed E-state index contributed by atoms with van der Waals surface area (Å²) in [6, 6.07) is 1.59. The van der Waals surface area contributed by atoms with Gasteiger partial charge in [0.1, 0.15) is 0 Å². The number of carbonyl (C=O) groups is 1. The van der Waals surface area contributed by atoms with Crippen molar-refractivity contribution in [3.8, 4) is 0 Å². The maximum atomic E-state index is 13.5. The first kappa shape index (κ1) is 30.2. The van der Waals surface area contributed by atoms with Crippen LogP contribution in [0.5, 0.6) is 0 Å². The Kier molecular flexibility index (Phi) is 9.67. The predicted octanol–water partition coefficient (Wildman–Crippen LogP) is 6.50. The normalized spacial score (nSPS) is 21.9. The molecule has 2 rings (SSSR count). The number of amides is 1. The molecule has 1 aromatic rings. The van der Waals surface area contributed by atoms with Crippen LogP contribution >= 0.6 is 0 Å². The van der Waals surface area contributed by atoms with E-state index in [1.165, 1.54) is 0 Å². The Morgan fingerprint density at radius 2 is 1.75 bits per heavy atom. The number of rotatable bonds is 11. The lowest BCUT2D eigenvalue weighted by Crippen LogP contribution is -2.49. The van der Waals surface area contributed by atoms with Gasteiger partial charge < -0.3 is 15.4 Å². The maximum Gasteiger partial charge on any atom is 0.416 e. The van der Waals surface area contributed by atoms with E-state index in [0.29, 0.717) is 38.0 Å². The smallest absolute Gasteiger partial charge is 0.385 e. The number of halogens is 6. The number of ether oxygens (including phenoxy) is 1. The zero-order chi connectivity index (χ0) is 27.4. The van der Waals surface area contributed by atoms with Crippen molar-refractivity contribution in [2.75, 3.05) is 13.7 Å². The second-order valence-electron chi connectivity index (χ2n) is 10.1. The van der Waals surface area contributed by atoms with Gasteiger partial charge in [-0.1, -0.05) is 26.8 Å². The highest BCUT2D eigenvalue weighted by Gasteiger charge is 2.53. The van der Waals surface area contributed by atoms with Crippen molar-refractivity contribution in [1.29, 1.82) is 0 Å². The molecule has 1 aliphatic carbocycles. The van der Waals surface area contributed by atoms with E-state index >= 15 is 0 Å². The van der Waals surface area contributed by atoms with E-state index in [0.717, 1.165) is 12.8 Å². The Labute approximate surface area is 208 Å². The van der Waals surface area contributed by atoms with Crippen molar-refractivity contribution in [2.24, 2.45) is 10.8 Å². The first-order chi connectivity index (χ1) is 16.6. The molecule has 2 N–H and O–H groups in total. The van der Waals surface area contributed by atoms with E-state index in [2.05, 4.69) is 24.1 Å². The minimum absolute atomic E-state index is 0.0298. The standard InChI is InChI=1S/C26H36F6N2O2/c1-6-20(9-11-36-5)34-21-8-10-24(15-21,23(3,4)7-2)22(35)33-16-17-12-18(25(27,28)29)14-19(13-17)26(30,31)32/h7,12-14,20-21,34H,2,6,8-11,15-16H2,1,3-5H3,(H,33,35). The van der Waals surface area contributed by atoms with E-state index in [4.69, 9.17) is 4.74 Å². The Bertz CT molecular complexity index is 880. The van der Waals surface area contributed by atoms with E-state index in [1.807, 2.05) is 13.8 Å². The van der Waals surface area contributed by atoms with Crippen LogP contribution in [-0.4, -0.2) is 31.7 Å². The lowest BCUT2D eigenvalue weighted by atomic mass is 9.63. The number of methoxy groups -OCH3 is 1. The molecule has 10 heteroatoms. The fourth-order valence-electron chi connectivity index (χ4n) is 4.94. The highest BCUT2D eigenvalue weighted by atomic mass is 19.4. The lowest BCUT2D eigenvalue weighted by molar-refractivity contribution is -0.143. The summed E-state index contributed by atoms with van der Waals surface area (Å²) in [7, 11) is 1.63. The van der Waals surface area contributed by atoms with Crippen molar-refractivity contribution in [2.45, 2.75) is 83.9 Å². The molecular weight excluding hydrogens is 486 g/mol. The number of alkyl halides is 6. The van der Waals surface area contributed by atoms with Gasteiger partial charge in [-0.05, 0) is 61.3 Å². The first-order valence-electron chi connectivity index (χ1n) is 12.0. The minimum Gasteiger partial charge on any atom is -0.385 e. The van der Waals surface area contributed by atoms with E-state index < -0.39 is 46.8 Å². The molecular formula is C26H36F6N2O2. The molecule has 1 fully saturated rings. The van der Waals surface area contributed by atoms with Crippen LogP contribution in [0.15, 0.2) is 30.9 Å². The van der Waals surface area contributed by atoms with Crippen molar-refractivity contribution >= 4 is 5.91 Å². The van der Waals surface area contributed by atoms with Crippen LogP contribution in [0.4, 0.5) is 26.3 Å². The third kappa shape index (κ3) is 7.03. The van der Waals surface area contributed by atoms with Gasteiger partial charge in [-0.15, -0.1) is 6.58 Å². The topological polar surface area (TPSA) is 50.4 Å². The molecule has 3 atom stereocenters. The third-order valence-corrected chi connectivity index (χ3v) is 7.43. The van der Waals surface area contributed by atoms with Crippen LogP contribution in [0, 0.1) is 10.8 Å². The van der Waals surface area contributed by atoms with Crippen molar-refractivity contribution < 1.29 is 35.9 Å². The van der Waals surface area contributed by atoms with Crippen LogP contribution < -0.4 is 10.6 Å². The van der Waals surface area contributed by atoms with Crippen LogP contribution in [0.25, 0.3) is 0 Å². The summed E-state index contributed by atoms with van der Waals surface area (Å²) in [5.41, 5.74) is -4.66. The average Bonchev–Trinajstić information content (AvgIpc) is 3.24. The fraction of sp³-hybridized carbons (Fsp3) is 0.654. The first-order valence-corrected chi connectivity index (χ1v) is 12.0. The molecule has 4 nitrogen and oxygen atoms in total. The molecule has 1 saturated carbocycles. The maximum absolute atomic E-state index is 13.5. The summed E-state index contributed by atoms with van der Waals surface area (Å²) < 4.78 is 84.5. The van der Waals surface area contributed by atoms with Crippen LogP contribution in [0.1, 0.15) is 69.6 Å². The van der Waals surface area contributed by atoms with Gasteiger partial charge in [-0.2, -0.15) is 26.3 Å². The summed E-state index contributed by atoms with van der Waals surface area (Å²) in [6.07, 6.45) is -4.85. The Morgan fingerprint density at radius 1 is 1.17 bits per heavy atom. The van der Waals surface area contributed by atoms with Crippen molar-refractivity contribution in [1.82, 2.24) is 10.6 Å². The van der Waals surface area contributed by atoms with Gasteiger partial charge in [-0.25, -0.2) is 0 Å². The molecule has 0 aliphatic heterocycles. The molecule has 0 radical (unpaired) electrons. The molecule has 0 saturated heterocycles. The minimum atomic E-state index is -4.95. The Morgan fingerprint density at radius 3 is 2.22 bits per heavy atom. The number of allylic oxidation sites excluding steroid dienone is 1. The molecule has 1 aliphatic rings. The number of hydrogen-bond acceptors (Lipinski definition) is 3. The van der Waals surface area contributed by atoms with Crippen LogP contribution in [0.3, 0.4) is 0 Å².